The van der Waals surface area contributed by atoms with Gasteiger partial charge in [0, 0.05) is 0 Å². The van der Waals surface area contributed by atoms with E-state index in [1.54, 1.807) is 0 Å². The monoisotopic (exact) mass is 168 g/mol. The van der Waals surface area contributed by atoms with Crippen LogP contribution >= 0.6 is 0 Å². The van der Waals surface area contributed by atoms with Crippen molar-refractivity contribution in [3.05, 3.63) is 23.6 Å². The van der Waals surface area contributed by atoms with Crippen molar-refractivity contribution in [3.63, 3.8) is 0 Å². The van der Waals surface area contributed by atoms with E-state index in [1.165, 1.54) is 0 Å². The van der Waals surface area contributed by atoms with Gasteiger partial charge in [0.25, 0.3) is 0 Å². The SMILES string of the molecule is CC.CC.CCC=C=C=CCC. The summed E-state index contributed by atoms with van der Waals surface area (Å²) < 4.78 is 0. The second-order valence-electron chi connectivity index (χ2n) is 1.51. The van der Waals surface area contributed by atoms with E-state index in [9.17, 15) is 0 Å². The van der Waals surface area contributed by atoms with Crippen LogP contribution in [0.3, 0.4) is 0 Å². The van der Waals surface area contributed by atoms with E-state index in [0.717, 1.165) is 12.8 Å². The predicted octanol–water partition coefficient (Wildman–Crippen LogP) is 4.73. The summed E-state index contributed by atoms with van der Waals surface area (Å²) in [4.78, 5) is 0. The van der Waals surface area contributed by atoms with Crippen LogP contribution in [-0.4, -0.2) is 0 Å². The molecule has 72 valence electrons. The number of allylic oxidation sites excluding steroid dienone is 2. The van der Waals surface area contributed by atoms with Crippen LogP contribution in [0.2, 0.25) is 0 Å². The Morgan fingerprint density at radius 1 is 0.750 bits per heavy atom. The third kappa shape index (κ3) is 34.6. The fourth-order valence-corrected chi connectivity index (χ4v) is 0.322. The number of hydrogen-bond donors (Lipinski definition) is 0. The van der Waals surface area contributed by atoms with E-state index in [-0.39, 0.29) is 0 Å². The minimum absolute atomic E-state index is 1.05. The summed E-state index contributed by atoms with van der Waals surface area (Å²) >= 11 is 0. The van der Waals surface area contributed by atoms with Crippen molar-refractivity contribution in [3.8, 4) is 0 Å². The lowest BCUT2D eigenvalue weighted by atomic mass is 10.4. The quantitative estimate of drug-likeness (QED) is 0.523. The Balaban J connectivity index is -0.000000175. The van der Waals surface area contributed by atoms with Gasteiger partial charge in [0.05, 0.1) is 0 Å². The third-order valence-corrected chi connectivity index (χ3v) is 0.696. The first-order valence-electron chi connectivity index (χ1n) is 5.06. The van der Waals surface area contributed by atoms with Gasteiger partial charge >= 0.3 is 0 Å². The van der Waals surface area contributed by atoms with Gasteiger partial charge in [0.1, 0.15) is 0 Å². The van der Waals surface area contributed by atoms with E-state index in [0.29, 0.717) is 0 Å². The van der Waals surface area contributed by atoms with Crippen molar-refractivity contribution in [2.45, 2.75) is 54.4 Å². The lowest BCUT2D eigenvalue weighted by molar-refractivity contribution is 1.22. The second kappa shape index (κ2) is 31.7. The molecule has 0 amide bonds. The van der Waals surface area contributed by atoms with Crippen LogP contribution in [0.15, 0.2) is 23.6 Å². The molecular weight excluding hydrogens is 144 g/mol. The fraction of sp³-hybridized carbons (Fsp3) is 0.667. The highest BCUT2D eigenvalue weighted by molar-refractivity contribution is 4.84. The maximum Gasteiger partial charge on any atom is -0.0296 e. The molecule has 0 heteroatoms. The van der Waals surface area contributed by atoms with Gasteiger partial charge in [-0.15, -0.1) is 0 Å². The Morgan fingerprint density at radius 3 is 1.17 bits per heavy atom. The summed E-state index contributed by atoms with van der Waals surface area (Å²) in [5, 5.41) is 0. The van der Waals surface area contributed by atoms with E-state index in [2.05, 4.69) is 25.3 Å². The van der Waals surface area contributed by atoms with Crippen molar-refractivity contribution >= 4 is 0 Å². The van der Waals surface area contributed by atoms with Crippen molar-refractivity contribution in [1.29, 1.82) is 0 Å². The molecule has 0 aliphatic heterocycles. The Labute approximate surface area is 78.7 Å². The third-order valence-electron chi connectivity index (χ3n) is 0.696. The van der Waals surface area contributed by atoms with Gasteiger partial charge < -0.3 is 0 Å². The molecule has 0 unspecified atom stereocenters. The lowest BCUT2D eigenvalue weighted by Gasteiger charge is -1.64. The van der Waals surface area contributed by atoms with Gasteiger partial charge in [-0.1, -0.05) is 53.0 Å². The van der Waals surface area contributed by atoms with Gasteiger partial charge in [-0.3, -0.25) is 0 Å². The van der Waals surface area contributed by atoms with Crippen LogP contribution in [0.1, 0.15) is 54.4 Å². The largest absolute Gasteiger partial charge is 0.0750 e. The molecule has 12 heavy (non-hydrogen) atoms. The smallest absolute Gasteiger partial charge is 0.0296 e. The van der Waals surface area contributed by atoms with Gasteiger partial charge in [0.2, 0.25) is 0 Å². The second-order valence-corrected chi connectivity index (χ2v) is 1.51. The van der Waals surface area contributed by atoms with E-state index in [4.69, 9.17) is 0 Å². The average molecular weight is 168 g/mol. The molecule has 0 nitrogen and oxygen atoms in total. The van der Waals surface area contributed by atoms with Crippen LogP contribution in [0.25, 0.3) is 0 Å². The molecule has 0 aliphatic carbocycles. The molecule has 0 rings (SSSR count). The normalized spacial score (nSPS) is 5.50. The fourth-order valence-electron chi connectivity index (χ4n) is 0.322. The Kier molecular flexibility index (Phi) is 46.0. The molecule has 0 spiro atoms. The standard InChI is InChI=1S/C8H12.2C2H6/c1-3-5-7-8-6-4-2;2*1-2/h5-6H,3-4H2,1-2H3;2*1-2H3. The molecule has 0 fully saturated rings. The molecule has 0 bridgehead atoms. The van der Waals surface area contributed by atoms with E-state index in [1.807, 2.05) is 39.8 Å². The van der Waals surface area contributed by atoms with Gasteiger partial charge in [0.15, 0.2) is 0 Å². The predicted molar refractivity (Wildman–Crippen MR) is 59.4 cm³/mol. The lowest BCUT2D eigenvalue weighted by Crippen LogP contribution is -1.44. The molecule has 0 radical (unpaired) electrons. The number of hydrogen-bond acceptors (Lipinski definition) is 0. The first kappa shape index (κ1) is 17.4. The molecular formula is C12H24. The molecule has 0 N–H and O–H groups in total. The first-order valence-corrected chi connectivity index (χ1v) is 5.06. The zero-order chi connectivity index (χ0) is 10.2. The maximum absolute atomic E-state index is 2.91. The summed E-state index contributed by atoms with van der Waals surface area (Å²) in [5.74, 6) is 0. The molecule has 0 saturated heterocycles. The van der Waals surface area contributed by atoms with Gasteiger partial charge in [-0.2, -0.15) is 0 Å². The Bertz CT molecular complexity index is 103. The molecule has 0 saturated carbocycles. The molecule has 0 atom stereocenters. The minimum Gasteiger partial charge on any atom is -0.0750 e. The molecule has 0 aliphatic rings. The van der Waals surface area contributed by atoms with E-state index >= 15 is 0 Å². The van der Waals surface area contributed by atoms with E-state index < -0.39 is 0 Å². The summed E-state index contributed by atoms with van der Waals surface area (Å²) in [6, 6.07) is 0. The Morgan fingerprint density at radius 2 is 1.00 bits per heavy atom. The van der Waals surface area contributed by atoms with Crippen LogP contribution in [-0.2, 0) is 0 Å². The molecule has 0 aromatic rings. The summed E-state index contributed by atoms with van der Waals surface area (Å²) in [6.45, 7) is 12.2. The average Bonchev–Trinajstić information content (AvgIpc) is 2.19. The topological polar surface area (TPSA) is 0 Å². The zero-order valence-corrected chi connectivity index (χ0v) is 9.57. The summed E-state index contributed by atoms with van der Waals surface area (Å²) in [6.07, 6.45) is 6.02. The zero-order valence-electron chi connectivity index (χ0n) is 9.57. The van der Waals surface area contributed by atoms with Crippen molar-refractivity contribution in [1.82, 2.24) is 0 Å². The molecule has 0 aromatic carbocycles. The summed E-state index contributed by atoms with van der Waals surface area (Å²) in [7, 11) is 0. The highest BCUT2D eigenvalue weighted by atomic mass is 13.6. The molecule has 0 heterocycles. The highest BCUT2D eigenvalue weighted by Crippen LogP contribution is 1.75. The minimum atomic E-state index is 1.05. The van der Waals surface area contributed by atoms with Gasteiger partial charge in [-0.25, -0.2) is 0 Å². The van der Waals surface area contributed by atoms with Crippen LogP contribution < -0.4 is 0 Å². The number of rotatable bonds is 2. The van der Waals surface area contributed by atoms with Gasteiger partial charge in [-0.05, 0) is 25.0 Å². The highest BCUT2D eigenvalue weighted by Gasteiger charge is 1.56. The van der Waals surface area contributed by atoms with Crippen LogP contribution in [0.4, 0.5) is 0 Å². The van der Waals surface area contributed by atoms with Crippen molar-refractivity contribution < 1.29 is 0 Å². The van der Waals surface area contributed by atoms with Crippen LogP contribution in [0.5, 0.6) is 0 Å². The summed E-state index contributed by atoms with van der Waals surface area (Å²) in [5.41, 5.74) is 5.81. The first-order chi connectivity index (χ1) is 5.91. The molecule has 0 aromatic heterocycles. The van der Waals surface area contributed by atoms with Crippen molar-refractivity contribution in [2.75, 3.05) is 0 Å². The van der Waals surface area contributed by atoms with Crippen molar-refractivity contribution in [2.24, 2.45) is 0 Å². The Hall–Kier alpha value is -0.700. The maximum atomic E-state index is 2.91. The van der Waals surface area contributed by atoms with Crippen LogP contribution in [0, 0.1) is 0 Å².